The smallest absolute Gasteiger partial charge is 0.149 e. The normalized spacial score (nSPS) is 11.4. The number of rotatable bonds is 4. The Morgan fingerprint density at radius 3 is 2.50 bits per heavy atom. The van der Waals surface area contributed by atoms with E-state index >= 15 is 0 Å². The summed E-state index contributed by atoms with van der Waals surface area (Å²) in [6, 6.07) is 5.11. The molecule has 0 spiro atoms. The summed E-state index contributed by atoms with van der Waals surface area (Å²) in [5, 5.41) is 24.8. The second-order valence-electron chi connectivity index (χ2n) is 2.04. The second kappa shape index (κ2) is 7.25. The molecule has 0 aliphatic carbocycles. The Morgan fingerprint density at radius 1 is 1.25 bits per heavy atom. The molecule has 0 saturated carbocycles. The van der Waals surface area contributed by atoms with Crippen LogP contribution in [0.25, 0.3) is 0 Å². The third-order valence-electron chi connectivity index (χ3n) is 1.10. The molecule has 0 aliphatic rings. The molecule has 0 heterocycles. The summed E-state index contributed by atoms with van der Waals surface area (Å²) in [5.74, 6) is 0. The Hall–Kier alpha value is -1.86. The average Bonchev–Trinajstić information content (AvgIpc) is 2.10. The van der Waals surface area contributed by atoms with Crippen LogP contribution in [-0.4, -0.2) is 12.3 Å². The molecule has 4 heteroatoms. The highest BCUT2D eigenvalue weighted by atomic mass is 14.8. The number of unbranched alkanes of at least 4 members (excludes halogenated alkanes) is 1. The maximum Gasteiger partial charge on any atom is 0.149 e. The van der Waals surface area contributed by atoms with Crippen molar-refractivity contribution in [1.82, 2.24) is 0 Å². The largest absolute Gasteiger partial charge is 0.278 e. The fraction of sp³-hybridized carbons (Fsp3) is 0.500. The van der Waals surface area contributed by atoms with Crippen LogP contribution in [-0.2, 0) is 0 Å². The predicted octanol–water partition coefficient (Wildman–Crippen LogP) is 1.17. The summed E-state index contributed by atoms with van der Waals surface area (Å²) < 4.78 is 0. The Kier molecular flexibility index (Phi) is 6.13. The zero-order chi connectivity index (χ0) is 9.23. The molecule has 0 rings (SSSR count). The molecule has 0 radical (unpaired) electrons. The average molecular weight is 160 g/mol. The molecule has 0 bridgehead atoms. The van der Waals surface area contributed by atoms with E-state index < -0.39 is 6.04 Å². The van der Waals surface area contributed by atoms with Crippen molar-refractivity contribution in [2.24, 2.45) is 4.99 Å². The van der Waals surface area contributed by atoms with Gasteiger partial charge in [0.15, 0.2) is 0 Å². The van der Waals surface area contributed by atoms with Crippen molar-refractivity contribution >= 4 is 6.21 Å². The SMILES string of the molecule is N#CCCC=NC(C#N)CC#N. The predicted molar refractivity (Wildman–Crippen MR) is 43.0 cm³/mol. The summed E-state index contributed by atoms with van der Waals surface area (Å²) in [6.45, 7) is 0. The van der Waals surface area contributed by atoms with Gasteiger partial charge in [-0.15, -0.1) is 0 Å². The van der Waals surface area contributed by atoms with E-state index in [1.54, 1.807) is 0 Å². The van der Waals surface area contributed by atoms with Crippen LogP contribution in [0.1, 0.15) is 19.3 Å². The van der Waals surface area contributed by atoms with E-state index in [9.17, 15) is 0 Å². The van der Waals surface area contributed by atoms with Gasteiger partial charge in [-0.1, -0.05) is 0 Å². The van der Waals surface area contributed by atoms with Gasteiger partial charge in [0.2, 0.25) is 0 Å². The first kappa shape index (κ1) is 10.1. The monoisotopic (exact) mass is 160 g/mol. The van der Waals surface area contributed by atoms with Crippen molar-refractivity contribution in [2.45, 2.75) is 25.3 Å². The van der Waals surface area contributed by atoms with Crippen LogP contribution in [0.15, 0.2) is 4.99 Å². The van der Waals surface area contributed by atoms with Gasteiger partial charge in [-0.2, -0.15) is 15.8 Å². The lowest BCUT2D eigenvalue weighted by atomic mass is 10.2. The Morgan fingerprint density at radius 2 is 2.00 bits per heavy atom. The molecule has 12 heavy (non-hydrogen) atoms. The number of hydrogen-bond acceptors (Lipinski definition) is 4. The van der Waals surface area contributed by atoms with Crippen molar-refractivity contribution in [3.8, 4) is 18.2 Å². The highest BCUT2D eigenvalue weighted by Crippen LogP contribution is 1.94. The summed E-state index contributed by atoms with van der Waals surface area (Å²) in [5.41, 5.74) is 0. The van der Waals surface area contributed by atoms with Gasteiger partial charge in [0.1, 0.15) is 6.04 Å². The van der Waals surface area contributed by atoms with Crippen LogP contribution in [0.5, 0.6) is 0 Å². The Balaban J connectivity index is 3.74. The van der Waals surface area contributed by atoms with Crippen molar-refractivity contribution in [2.75, 3.05) is 0 Å². The topological polar surface area (TPSA) is 83.7 Å². The van der Waals surface area contributed by atoms with Crippen molar-refractivity contribution in [3.63, 3.8) is 0 Å². The van der Waals surface area contributed by atoms with E-state index in [2.05, 4.69) is 4.99 Å². The molecule has 0 aliphatic heterocycles. The molecule has 1 atom stereocenters. The third-order valence-corrected chi connectivity index (χ3v) is 1.10. The number of nitrogens with zero attached hydrogens (tertiary/aromatic N) is 4. The van der Waals surface area contributed by atoms with Gasteiger partial charge in [0.25, 0.3) is 0 Å². The first-order valence-electron chi connectivity index (χ1n) is 3.50. The van der Waals surface area contributed by atoms with E-state index in [1.807, 2.05) is 18.2 Å². The minimum atomic E-state index is -0.575. The number of nitriles is 3. The number of hydrogen-bond donors (Lipinski definition) is 0. The van der Waals surface area contributed by atoms with Crippen LogP contribution in [0, 0.1) is 34.0 Å². The summed E-state index contributed by atoms with van der Waals surface area (Å²) in [4.78, 5) is 3.81. The molecular weight excluding hydrogens is 152 g/mol. The fourth-order valence-corrected chi connectivity index (χ4v) is 0.549. The highest BCUT2D eigenvalue weighted by Gasteiger charge is 2.00. The molecule has 60 valence electrons. The van der Waals surface area contributed by atoms with Crippen LogP contribution < -0.4 is 0 Å². The maximum atomic E-state index is 8.43. The maximum absolute atomic E-state index is 8.43. The Bertz CT molecular complexity index is 260. The third kappa shape index (κ3) is 4.97. The lowest BCUT2D eigenvalue weighted by Gasteiger charge is -1.93. The first-order valence-corrected chi connectivity index (χ1v) is 3.50. The van der Waals surface area contributed by atoms with Crippen molar-refractivity contribution in [3.05, 3.63) is 0 Å². The molecule has 4 nitrogen and oxygen atoms in total. The minimum absolute atomic E-state index is 0.111. The fourth-order valence-electron chi connectivity index (χ4n) is 0.549. The van der Waals surface area contributed by atoms with Crippen LogP contribution >= 0.6 is 0 Å². The standard InChI is InChI=1S/C8H8N4/c9-4-1-2-6-12-8(7-11)3-5-10/h6,8H,1-3H2. The molecule has 0 aromatic carbocycles. The van der Waals surface area contributed by atoms with Gasteiger partial charge in [-0.05, 0) is 6.42 Å². The van der Waals surface area contributed by atoms with Crippen LogP contribution in [0.3, 0.4) is 0 Å². The molecule has 0 aromatic heterocycles. The minimum Gasteiger partial charge on any atom is -0.278 e. The van der Waals surface area contributed by atoms with E-state index in [4.69, 9.17) is 15.8 Å². The van der Waals surface area contributed by atoms with E-state index in [0.717, 1.165) is 0 Å². The zero-order valence-corrected chi connectivity index (χ0v) is 6.56. The molecule has 0 amide bonds. The molecule has 0 saturated heterocycles. The van der Waals surface area contributed by atoms with Crippen molar-refractivity contribution in [1.29, 1.82) is 15.8 Å². The van der Waals surface area contributed by atoms with Gasteiger partial charge >= 0.3 is 0 Å². The molecular formula is C8H8N4. The lowest BCUT2D eigenvalue weighted by molar-refractivity contribution is 0.856. The van der Waals surface area contributed by atoms with Gasteiger partial charge in [0, 0.05) is 12.6 Å². The molecule has 1 unspecified atom stereocenters. The van der Waals surface area contributed by atoms with Crippen molar-refractivity contribution < 1.29 is 0 Å². The van der Waals surface area contributed by atoms with Gasteiger partial charge in [0.05, 0.1) is 24.6 Å². The quantitative estimate of drug-likeness (QED) is 0.457. The molecule has 0 fully saturated rings. The van der Waals surface area contributed by atoms with Crippen LogP contribution in [0.4, 0.5) is 0 Å². The van der Waals surface area contributed by atoms with E-state index in [1.165, 1.54) is 6.21 Å². The summed E-state index contributed by atoms with van der Waals surface area (Å²) in [6.07, 6.45) is 2.57. The summed E-state index contributed by atoms with van der Waals surface area (Å²) >= 11 is 0. The van der Waals surface area contributed by atoms with Gasteiger partial charge in [-0.25, -0.2) is 0 Å². The first-order chi connectivity index (χ1) is 5.85. The zero-order valence-electron chi connectivity index (χ0n) is 6.56. The Labute approximate surface area is 71.4 Å². The lowest BCUT2D eigenvalue weighted by Crippen LogP contribution is -1.98. The van der Waals surface area contributed by atoms with Crippen LogP contribution in [0.2, 0.25) is 0 Å². The summed E-state index contributed by atoms with van der Waals surface area (Å²) in [7, 11) is 0. The van der Waals surface area contributed by atoms with Gasteiger partial charge < -0.3 is 0 Å². The van der Waals surface area contributed by atoms with Gasteiger partial charge in [-0.3, -0.25) is 4.99 Å². The second-order valence-corrected chi connectivity index (χ2v) is 2.04. The van der Waals surface area contributed by atoms with E-state index in [0.29, 0.717) is 12.8 Å². The highest BCUT2D eigenvalue weighted by molar-refractivity contribution is 5.58. The molecule has 0 N–H and O–H groups in total. The number of aliphatic imine (C=N–C) groups is 1. The molecule has 0 aromatic rings. The van der Waals surface area contributed by atoms with E-state index in [-0.39, 0.29) is 6.42 Å².